The van der Waals surface area contributed by atoms with Gasteiger partial charge in [-0.1, -0.05) is 59.1 Å². The molecule has 0 heterocycles. The number of halogens is 2. The van der Waals surface area contributed by atoms with Gasteiger partial charge in [-0.15, -0.1) is 0 Å². The van der Waals surface area contributed by atoms with Crippen molar-refractivity contribution in [3.8, 4) is 5.75 Å². The Morgan fingerprint density at radius 2 is 1.74 bits per heavy atom. The molecule has 2 amide bonds. The van der Waals surface area contributed by atoms with Crippen molar-refractivity contribution in [2.45, 2.75) is 26.7 Å². The van der Waals surface area contributed by atoms with Gasteiger partial charge in [-0.05, 0) is 79.1 Å². The molecule has 7 heteroatoms. The van der Waals surface area contributed by atoms with Gasteiger partial charge in [0.05, 0.1) is 6.61 Å². The Labute approximate surface area is 213 Å². The second-order valence-electron chi connectivity index (χ2n) is 7.71. The smallest absolute Gasteiger partial charge is 0.272 e. The minimum absolute atomic E-state index is 0.104. The molecule has 0 bridgehead atoms. The lowest BCUT2D eigenvalue weighted by molar-refractivity contribution is -0.113. The summed E-state index contributed by atoms with van der Waals surface area (Å²) in [5, 5.41) is 6.08. The van der Waals surface area contributed by atoms with Crippen molar-refractivity contribution in [2.24, 2.45) is 0 Å². The summed E-state index contributed by atoms with van der Waals surface area (Å²) in [5.41, 5.74) is 2.71. The van der Waals surface area contributed by atoms with Crippen molar-refractivity contribution in [1.82, 2.24) is 5.32 Å². The number of aryl methyl sites for hydroxylation is 1. The van der Waals surface area contributed by atoms with E-state index in [4.69, 9.17) is 16.3 Å². The zero-order valence-electron chi connectivity index (χ0n) is 19.0. The van der Waals surface area contributed by atoms with Crippen LogP contribution in [0.15, 0.2) is 76.9 Å². The molecule has 0 saturated carbocycles. The van der Waals surface area contributed by atoms with E-state index in [1.165, 1.54) is 0 Å². The predicted molar refractivity (Wildman–Crippen MR) is 141 cm³/mol. The number of unbranched alkanes of at least 4 members (excludes halogenated alkanes) is 1. The lowest BCUT2D eigenvalue weighted by Gasteiger charge is -2.12. The van der Waals surface area contributed by atoms with Gasteiger partial charge < -0.3 is 15.4 Å². The summed E-state index contributed by atoms with van der Waals surface area (Å²) in [7, 11) is 0. The number of hydrogen-bond donors (Lipinski definition) is 2. The predicted octanol–water partition coefficient (Wildman–Crippen LogP) is 7.00. The number of rotatable bonds is 9. The number of amides is 2. The first kappa shape index (κ1) is 25.5. The molecular weight excluding hydrogens is 516 g/mol. The fraction of sp³-hybridized carbons (Fsp3) is 0.185. The molecule has 5 nitrogen and oxygen atoms in total. The summed E-state index contributed by atoms with van der Waals surface area (Å²) in [4.78, 5) is 26.0. The molecule has 176 valence electrons. The summed E-state index contributed by atoms with van der Waals surface area (Å²) >= 11 is 9.59. The van der Waals surface area contributed by atoms with Gasteiger partial charge in [0.1, 0.15) is 11.4 Å². The molecule has 0 aliphatic heterocycles. The van der Waals surface area contributed by atoms with Crippen LogP contribution in [0.25, 0.3) is 6.08 Å². The van der Waals surface area contributed by atoms with Gasteiger partial charge in [0.15, 0.2) is 0 Å². The minimum Gasteiger partial charge on any atom is -0.494 e. The zero-order chi connectivity index (χ0) is 24.5. The van der Waals surface area contributed by atoms with Gasteiger partial charge in [0, 0.05) is 20.7 Å². The average molecular weight is 542 g/mol. The molecule has 0 atom stereocenters. The Bertz CT molecular complexity index is 1180. The SMILES string of the molecule is CCCCOc1ccc(C(=O)NC(=Cc2ccc(Br)cc2)C(=O)Nc2ccc(C)c(Cl)c2)cc1. The Balaban J connectivity index is 1.80. The Morgan fingerprint density at radius 1 is 1.03 bits per heavy atom. The molecule has 3 aromatic rings. The highest BCUT2D eigenvalue weighted by Crippen LogP contribution is 2.21. The summed E-state index contributed by atoms with van der Waals surface area (Å²) < 4.78 is 6.56. The number of anilines is 1. The third-order valence-corrected chi connectivity index (χ3v) is 5.92. The maximum atomic E-state index is 13.1. The van der Waals surface area contributed by atoms with Crippen molar-refractivity contribution in [3.63, 3.8) is 0 Å². The van der Waals surface area contributed by atoms with E-state index in [0.29, 0.717) is 28.6 Å². The van der Waals surface area contributed by atoms with Crippen molar-refractivity contribution < 1.29 is 14.3 Å². The van der Waals surface area contributed by atoms with Crippen LogP contribution in [0.3, 0.4) is 0 Å². The molecule has 34 heavy (non-hydrogen) atoms. The Kier molecular flexibility index (Phi) is 9.31. The first-order valence-corrected chi connectivity index (χ1v) is 12.1. The normalized spacial score (nSPS) is 11.1. The van der Waals surface area contributed by atoms with E-state index in [1.807, 2.05) is 37.3 Å². The van der Waals surface area contributed by atoms with Crippen LogP contribution < -0.4 is 15.4 Å². The van der Waals surface area contributed by atoms with E-state index in [9.17, 15) is 9.59 Å². The van der Waals surface area contributed by atoms with E-state index >= 15 is 0 Å². The van der Waals surface area contributed by atoms with Crippen molar-refractivity contribution in [2.75, 3.05) is 11.9 Å². The van der Waals surface area contributed by atoms with Gasteiger partial charge in [0.25, 0.3) is 11.8 Å². The van der Waals surface area contributed by atoms with Gasteiger partial charge in [-0.25, -0.2) is 0 Å². The van der Waals surface area contributed by atoms with E-state index in [0.717, 1.165) is 28.4 Å². The zero-order valence-corrected chi connectivity index (χ0v) is 21.4. The van der Waals surface area contributed by atoms with Crippen LogP contribution in [0, 0.1) is 6.92 Å². The standard InChI is InChI=1S/C27H26BrClN2O3/c1-3-4-15-34-23-13-8-20(9-14-23)26(32)31-25(16-19-6-10-21(28)11-7-19)27(33)30-22-12-5-18(2)24(29)17-22/h5-14,16-17H,3-4,15H2,1-2H3,(H,30,33)(H,31,32). The van der Waals surface area contributed by atoms with Crippen LogP contribution in [0.5, 0.6) is 5.75 Å². The molecule has 3 aromatic carbocycles. The van der Waals surface area contributed by atoms with Crippen LogP contribution >= 0.6 is 27.5 Å². The molecule has 0 saturated heterocycles. The molecule has 0 spiro atoms. The molecule has 2 N–H and O–H groups in total. The molecular formula is C27H26BrClN2O3. The van der Waals surface area contributed by atoms with E-state index in [1.54, 1.807) is 42.5 Å². The first-order chi connectivity index (χ1) is 16.4. The Hall–Kier alpha value is -3.09. The quantitative estimate of drug-likeness (QED) is 0.226. The lowest BCUT2D eigenvalue weighted by atomic mass is 10.1. The van der Waals surface area contributed by atoms with Crippen LogP contribution in [-0.4, -0.2) is 18.4 Å². The minimum atomic E-state index is -0.462. The second kappa shape index (κ2) is 12.4. The summed E-state index contributed by atoms with van der Waals surface area (Å²) in [6, 6.07) is 19.5. The van der Waals surface area contributed by atoms with E-state index < -0.39 is 11.8 Å². The fourth-order valence-corrected chi connectivity index (χ4v) is 3.43. The lowest BCUT2D eigenvalue weighted by Crippen LogP contribution is -2.30. The third-order valence-electron chi connectivity index (χ3n) is 4.99. The van der Waals surface area contributed by atoms with Gasteiger partial charge in [-0.2, -0.15) is 0 Å². The van der Waals surface area contributed by atoms with Crippen LogP contribution in [0.2, 0.25) is 5.02 Å². The van der Waals surface area contributed by atoms with Gasteiger partial charge >= 0.3 is 0 Å². The third kappa shape index (κ3) is 7.47. The van der Waals surface area contributed by atoms with Crippen molar-refractivity contribution >= 4 is 51.1 Å². The van der Waals surface area contributed by atoms with Crippen LogP contribution in [0.4, 0.5) is 5.69 Å². The first-order valence-electron chi connectivity index (χ1n) is 10.9. The summed E-state index contributed by atoms with van der Waals surface area (Å²) in [6.45, 7) is 4.61. The highest BCUT2D eigenvalue weighted by Gasteiger charge is 2.16. The fourth-order valence-electron chi connectivity index (χ4n) is 2.98. The summed E-state index contributed by atoms with van der Waals surface area (Å²) in [6.07, 6.45) is 3.64. The number of carbonyl (C=O) groups excluding carboxylic acids is 2. The second-order valence-corrected chi connectivity index (χ2v) is 9.03. The number of ether oxygens (including phenoxy) is 1. The molecule has 0 aliphatic rings. The number of nitrogens with one attached hydrogen (secondary N) is 2. The molecule has 0 radical (unpaired) electrons. The Morgan fingerprint density at radius 3 is 2.38 bits per heavy atom. The van der Waals surface area contributed by atoms with Crippen LogP contribution in [-0.2, 0) is 4.79 Å². The maximum Gasteiger partial charge on any atom is 0.272 e. The summed E-state index contributed by atoms with van der Waals surface area (Å²) in [5.74, 6) is -0.166. The number of hydrogen-bond acceptors (Lipinski definition) is 3. The highest BCUT2D eigenvalue weighted by molar-refractivity contribution is 9.10. The van der Waals surface area contributed by atoms with Crippen molar-refractivity contribution in [1.29, 1.82) is 0 Å². The molecule has 0 fully saturated rings. The molecule has 0 aromatic heterocycles. The van der Waals surface area contributed by atoms with Crippen LogP contribution in [0.1, 0.15) is 41.3 Å². The monoisotopic (exact) mass is 540 g/mol. The van der Waals surface area contributed by atoms with E-state index in [2.05, 4.69) is 33.5 Å². The average Bonchev–Trinajstić information content (AvgIpc) is 2.83. The molecule has 0 aliphatic carbocycles. The largest absolute Gasteiger partial charge is 0.494 e. The highest BCUT2D eigenvalue weighted by atomic mass is 79.9. The number of carbonyl (C=O) groups is 2. The van der Waals surface area contributed by atoms with Crippen molar-refractivity contribution in [3.05, 3.63) is 98.6 Å². The topological polar surface area (TPSA) is 67.4 Å². The van der Waals surface area contributed by atoms with Gasteiger partial charge in [0.2, 0.25) is 0 Å². The maximum absolute atomic E-state index is 13.1. The molecule has 3 rings (SSSR count). The molecule has 0 unspecified atom stereocenters. The van der Waals surface area contributed by atoms with Gasteiger partial charge in [-0.3, -0.25) is 9.59 Å². The number of benzene rings is 3. The van der Waals surface area contributed by atoms with E-state index in [-0.39, 0.29) is 5.70 Å².